The van der Waals surface area contributed by atoms with Crippen molar-refractivity contribution < 1.29 is 4.92 Å². The van der Waals surface area contributed by atoms with Gasteiger partial charge in [-0.3, -0.25) is 0 Å². The summed E-state index contributed by atoms with van der Waals surface area (Å²) in [5, 5.41) is 13.4. The molecular weight excluding hydrogens is 398 g/mol. The molecule has 0 saturated heterocycles. The zero-order valence-electron chi connectivity index (χ0n) is 16.7. The van der Waals surface area contributed by atoms with E-state index >= 15 is 0 Å². The van der Waals surface area contributed by atoms with Crippen LogP contribution in [-0.2, 0) is 13.1 Å². The number of hydrogen-bond acceptors (Lipinski definition) is 5. The first kappa shape index (κ1) is 19.8. The van der Waals surface area contributed by atoms with E-state index in [0.29, 0.717) is 18.9 Å². The molecule has 0 saturated carbocycles. The van der Waals surface area contributed by atoms with Gasteiger partial charge < -0.3 is 14.7 Å². The number of nitrogens with zero attached hydrogens (tertiary/aromatic N) is 5. The summed E-state index contributed by atoms with van der Waals surface area (Å²) < 4.78 is 3.75. The Morgan fingerprint density at radius 2 is 1.73 bits per heavy atom. The lowest BCUT2D eigenvalue weighted by Gasteiger charge is -2.09. The van der Waals surface area contributed by atoms with Gasteiger partial charge in [0, 0.05) is 12.3 Å². The van der Waals surface area contributed by atoms with Gasteiger partial charge in [-0.15, -0.1) is 11.3 Å². The number of hydrogen-bond donors (Lipinski definition) is 0. The number of benzene rings is 2. The Kier molecular flexibility index (Phi) is 5.58. The number of imidazole rings is 1. The molecule has 0 aliphatic carbocycles. The molecule has 0 atom stereocenters. The van der Waals surface area contributed by atoms with Crippen LogP contribution in [-0.4, -0.2) is 19.0 Å². The molecule has 0 aliphatic rings. The zero-order valence-corrected chi connectivity index (χ0v) is 17.5. The van der Waals surface area contributed by atoms with Crippen molar-refractivity contribution in [2.75, 3.05) is 0 Å². The van der Waals surface area contributed by atoms with Gasteiger partial charge in [-0.25, -0.2) is 14.5 Å². The quantitative estimate of drug-likeness (QED) is 0.330. The molecule has 0 unspecified atom stereocenters. The molecule has 0 spiro atoms. The maximum atomic E-state index is 11.3. The topological polar surface area (TPSA) is 78.2 Å². The molecule has 8 heteroatoms. The smallest absolute Gasteiger partial charge is 0.342 e. The molecule has 152 valence electrons. The number of rotatable bonds is 6. The number of nitro groups is 1. The van der Waals surface area contributed by atoms with Crippen LogP contribution in [0.2, 0.25) is 0 Å². The van der Waals surface area contributed by atoms with Gasteiger partial charge in [-0.05, 0) is 29.5 Å². The van der Waals surface area contributed by atoms with Gasteiger partial charge in [-0.2, -0.15) is 0 Å². The lowest BCUT2D eigenvalue weighted by atomic mass is 10.2. The van der Waals surface area contributed by atoms with Crippen LogP contribution in [0.5, 0.6) is 0 Å². The highest BCUT2D eigenvalue weighted by atomic mass is 32.1. The Morgan fingerprint density at radius 1 is 1.03 bits per heavy atom. The van der Waals surface area contributed by atoms with Crippen LogP contribution < -0.4 is 4.80 Å². The van der Waals surface area contributed by atoms with Gasteiger partial charge in [0.15, 0.2) is 10.6 Å². The molecule has 0 amide bonds. The third-order valence-corrected chi connectivity index (χ3v) is 5.76. The Bertz CT molecular complexity index is 1240. The summed E-state index contributed by atoms with van der Waals surface area (Å²) in [6.45, 7) is 4.79. The first-order valence-electron chi connectivity index (χ1n) is 9.54. The molecule has 7 nitrogen and oxygen atoms in total. The van der Waals surface area contributed by atoms with Crippen molar-refractivity contribution >= 4 is 22.8 Å². The summed E-state index contributed by atoms with van der Waals surface area (Å²) in [6, 6.07) is 18.1. The van der Waals surface area contributed by atoms with Gasteiger partial charge in [0.25, 0.3) is 0 Å². The highest BCUT2D eigenvalue weighted by Crippen LogP contribution is 2.22. The summed E-state index contributed by atoms with van der Waals surface area (Å²) in [7, 11) is 0. The molecule has 2 heterocycles. The van der Waals surface area contributed by atoms with Crippen LogP contribution in [0.3, 0.4) is 0 Å². The van der Waals surface area contributed by atoms with E-state index in [9.17, 15) is 10.1 Å². The van der Waals surface area contributed by atoms with Crippen LogP contribution in [0.15, 0.2) is 71.2 Å². The standard InChI is InChI=1S/C22H21N5O2S/c1-16-8-10-19(11-9-16)24-22-26(20(15-30-22)18-6-4-3-5-7-18)13-12-25-17(2)23-14-21(25)27(28)29/h3-11,14-15H,12-13H2,1-2H3. The zero-order chi connectivity index (χ0) is 21.1. The van der Waals surface area contributed by atoms with Crippen molar-refractivity contribution in [2.24, 2.45) is 4.99 Å². The van der Waals surface area contributed by atoms with Crippen LogP contribution in [0.25, 0.3) is 11.3 Å². The minimum atomic E-state index is -0.395. The maximum Gasteiger partial charge on any atom is 0.342 e. The molecule has 0 fully saturated rings. The van der Waals surface area contributed by atoms with Crippen molar-refractivity contribution in [1.29, 1.82) is 0 Å². The van der Waals surface area contributed by atoms with Gasteiger partial charge in [0.1, 0.15) is 12.7 Å². The number of aryl methyl sites for hydroxylation is 2. The van der Waals surface area contributed by atoms with E-state index in [1.165, 1.54) is 11.8 Å². The fourth-order valence-electron chi connectivity index (χ4n) is 3.28. The van der Waals surface area contributed by atoms with E-state index in [1.54, 1.807) is 22.8 Å². The molecule has 4 rings (SSSR count). The van der Waals surface area contributed by atoms with Crippen molar-refractivity contribution in [3.05, 3.63) is 92.5 Å². The SMILES string of the molecule is Cc1ccc(N=c2scc(-c3ccccc3)n2CCn2c([N+](=O)[O-])cnc2C)cc1. The summed E-state index contributed by atoms with van der Waals surface area (Å²) in [4.78, 5) is 20.7. The summed E-state index contributed by atoms with van der Waals surface area (Å²) in [5.41, 5.74) is 4.17. The first-order chi connectivity index (χ1) is 14.5. The summed E-state index contributed by atoms with van der Waals surface area (Å²) >= 11 is 1.56. The highest BCUT2D eigenvalue weighted by Gasteiger charge is 2.18. The van der Waals surface area contributed by atoms with Crippen molar-refractivity contribution in [3.8, 4) is 11.3 Å². The average molecular weight is 420 g/mol. The molecular formula is C22H21N5O2S. The van der Waals surface area contributed by atoms with E-state index in [1.807, 2.05) is 49.4 Å². The van der Waals surface area contributed by atoms with Gasteiger partial charge in [-0.1, -0.05) is 48.0 Å². The Morgan fingerprint density at radius 3 is 2.43 bits per heavy atom. The van der Waals surface area contributed by atoms with Crippen molar-refractivity contribution in [2.45, 2.75) is 26.9 Å². The molecule has 30 heavy (non-hydrogen) atoms. The molecule has 0 bridgehead atoms. The minimum Gasteiger partial charge on any atom is -0.358 e. The monoisotopic (exact) mass is 419 g/mol. The fourth-order valence-corrected chi connectivity index (χ4v) is 4.24. The second-order valence-corrected chi connectivity index (χ2v) is 7.78. The summed E-state index contributed by atoms with van der Waals surface area (Å²) in [5.74, 6) is 0.623. The predicted molar refractivity (Wildman–Crippen MR) is 118 cm³/mol. The van der Waals surface area contributed by atoms with Crippen LogP contribution in [0.1, 0.15) is 11.4 Å². The van der Waals surface area contributed by atoms with Gasteiger partial charge in [0.2, 0.25) is 0 Å². The third kappa shape index (κ3) is 4.08. The largest absolute Gasteiger partial charge is 0.358 e. The van der Waals surface area contributed by atoms with Gasteiger partial charge >= 0.3 is 5.82 Å². The molecule has 2 aromatic heterocycles. The molecule has 2 aromatic carbocycles. The fraction of sp³-hybridized carbons (Fsp3) is 0.182. The highest BCUT2D eigenvalue weighted by molar-refractivity contribution is 7.07. The van der Waals surface area contributed by atoms with E-state index in [-0.39, 0.29) is 5.82 Å². The third-order valence-electron chi connectivity index (χ3n) is 4.89. The van der Waals surface area contributed by atoms with Crippen molar-refractivity contribution in [1.82, 2.24) is 14.1 Å². The second kappa shape index (κ2) is 8.46. The second-order valence-electron chi connectivity index (χ2n) is 6.94. The Labute approximate surface area is 177 Å². The van der Waals surface area contributed by atoms with Crippen LogP contribution >= 0.6 is 11.3 Å². The lowest BCUT2D eigenvalue weighted by molar-refractivity contribution is -0.392. The number of aromatic nitrogens is 3. The maximum absolute atomic E-state index is 11.3. The van der Waals surface area contributed by atoms with E-state index in [0.717, 1.165) is 21.7 Å². The number of thiazole rings is 1. The molecule has 0 N–H and O–H groups in total. The molecule has 0 radical (unpaired) electrons. The van der Waals surface area contributed by atoms with Crippen LogP contribution in [0.4, 0.5) is 11.5 Å². The van der Waals surface area contributed by atoms with E-state index in [2.05, 4.69) is 27.1 Å². The average Bonchev–Trinajstić information content (AvgIpc) is 3.32. The predicted octanol–water partition coefficient (Wildman–Crippen LogP) is 4.87. The first-order valence-corrected chi connectivity index (χ1v) is 10.4. The normalized spacial score (nSPS) is 11.7. The molecule has 0 aliphatic heterocycles. The minimum absolute atomic E-state index is 0.00149. The Hall–Kier alpha value is -3.52. The van der Waals surface area contributed by atoms with Crippen LogP contribution in [0, 0.1) is 24.0 Å². The lowest BCUT2D eigenvalue weighted by Crippen LogP contribution is -2.20. The summed E-state index contributed by atoms with van der Waals surface area (Å²) in [6.07, 6.45) is 1.31. The van der Waals surface area contributed by atoms with E-state index in [4.69, 9.17) is 4.99 Å². The van der Waals surface area contributed by atoms with Gasteiger partial charge in [0.05, 0.1) is 17.9 Å². The Balaban J connectivity index is 1.76. The molecule has 4 aromatic rings. The van der Waals surface area contributed by atoms with Crippen molar-refractivity contribution in [3.63, 3.8) is 0 Å². The van der Waals surface area contributed by atoms with E-state index < -0.39 is 4.92 Å².